The van der Waals surface area contributed by atoms with Crippen molar-refractivity contribution >= 4 is 16.0 Å². The largest absolute Gasteiger partial charge is 0.480 e. The summed E-state index contributed by atoms with van der Waals surface area (Å²) in [5.41, 5.74) is 0.225. The van der Waals surface area contributed by atoms with E-state index in [9.17, 15) is 17.6 Å². The summed E-state index contributed by atoms with van der Waals surface area (Å²) in [5, 5.41) is 8.81. The minimum atomic E-state index is -3.96. The molecule has 0 amide bonds. The molecule has 0 radical (unpaired) electrons. The van der Waals surface area contributed by atoms with E-state index in [1.165, 1.54) is 6.92 Å². The Bertz CT molecular complexity index is 556. The minimum absolute atomic E-state index is 0.120. The highest BCUT2D eigenvalue weighted by Crippen LogP contribution is 2.16. The molecule has 0 spiro atoms. The third-order valence-corrected chi connectivity index (χ3v) is 4.06. The zero-order valence-corrected chi connectivity index (χ0v) is 10.8. The molecule has 1 atom stereocenters. The number of sulfonamides is 1. The summed E-state index contributed by atoms with van der Waals surface area (Å²) in [6, 6.07) is 2.01. The smallest absolute Gasteiger partial charge is 0.321 e. The summed E-state index contributed by atoms with van der Waals surface area (Å²) in [6.07, 6.45) is 0.120. The number of carboxylic acids is 1. The summed E-state index contributed by atoms with van der Waals surface area (Å²) < 4.78 is 38.8. The third-order valence-electron chi connectivity index (χ3n) is 2.43. The van der Waals surface area contributed by atoms with Gasteiger partial charge in [-0.1, -0.05) is 6.92 Å². The Hall–Kier alpha value is -1.47. The molecule has 0 bridgehead atoms. The van der Waals surface area contributed by atoms with Gasteiger partial charge in [0, 0.05) is 0 Å². The summed E-state index contributed by atoms with van der Waals surface area (Å²) in [4.78, 5) is 10.7. The molecule has 0 aliphatic rings. The van der Waals surface area contributed by atoms with E-state index < -0.39 is 27.9 Å². The van der Waals surface area contributed by atoms with E-state index in [-0.39, 0.29) is 16.9 Å². The van der Waals surface area contributed by atoms with Crippen molar-refractivity contribution in [3.63, 3.8) is 0 Å². The number of nitrogens with one attached hydrogen (secondary N) is 1. The molecule has 18 heavy (non-hydrogen) atoms. The van der Waals surface area contributed by atoms with Crippen molar-refractivity contribution < 1.29 is 22.7 Å². The molecule has 0 aromatic heterocycles. The first-order valence-corrected chi connectivity index (χ1v) is 6.77. The SMILES string of the molecule is CC[C@@H](NS(=O)(=O)c1ccc(F)cc1C)C(=O)O. The Kier molecular flexibility index (Phi) is 4.42. The Morgan fingerprint density at radius 1 is 1.50 bits per heavy atom. The molecular weight excluding hydrogens is 261 g/mol. The van der Waals surface area contributed by atoms with Crippen LogP contribution in [0.1, 0.15) is 18.9 Å². The van der Waals surface area contributed by atoms with E-state index in [0.29, 0.717) is 0 Å². The Labute approximate surface area is 105 Å². The zero-order valence-electron chi connectivity index (χ0n) is 9.97. The van der Waals surface area contributed by atoms with E-state index >= 15 is 0 Å². The van der Waals surface area contributed by atoms with Gasteiger partial charge in [0.1, 0.15) is 11.9 Å². The van der Waals surface area contributed by atoms with Gasteiger partial charge >= 0.3 is 5.97 Å². The Balaban J connectivity index is 3.10. The van der Waals surface area contributed by atoms with Crippen molar-refractivity contribution in [2.45, 2.75) is 31.2 Å². The maximum absolute atomic E-state index is 12.9. The van der Waals surface area contributed by atoms with Crippen molar-refractivity contribution in [3.05, 3.63) is 29.6 Å². The summed E-state index contributed by atoms with van der Waals surface area (Å²) in [5.74, 6) is -1.79. The number of rotatable bonds is 5. The lowest BCUT2D eigenvalue weighted by Gasteiger charge is -2.14. The number of carboxylic acid groups (broad SMARTS) is 1. The van der Waals surface area contributed by atoms with Crippen LogP contribution in [0.15, 0.2) is 23.1 Å². The van der Waals surface area contributed by atoms with E-state index in [4.69, 9.17) is 5.11 Å². The van der Waals surface area contributed by atoms with E-state index in [1.807, 2.05) is 0 Å². The predicted octanol–water partition coefficient (Wildman–Crippen LogP) is 1.28. The minimum Gasteiger partial charge on any atom is -0.480 e. The molecular formula is C11H14FNO4S. The third kappa shape index (κ3) is 3.27. The molecule has 0 aliphatic carbocycles. The quantitative estimate of drug-likeness (QED) is 0.847. The van der Waals surface area contributed by atoms with Crippen LogP contribution >= 0.6 is 0 Å². The van der Waals surface area contributed by atoms with Crippen LogP contribution in [0.25, 0.3) is 0 Å². The van der Waals surface area contributed by atoms with Gasteiger partial charge in [-0.3, -0.25) is 4.79 Å². The molecule has 1 aromatic carbocycles. The number of hydrogen-bond donors (Lipinski definition) is 2. The van der Waals surface area contributed by atoms with Crippen LogP contribution in [0, 0.1) is 12.7 Å². The van der Waals surface area contributed by atoms with E-state index in [1.54, 1.807) is 6.92 Å². The van der Waals surface area contributed by atoms with Gasteiger partial charge in [-0.25, -0.2) is 12.8 Å². The molecule has 0 aliphatic heterocycles. The fourth-order valence-electron chi connectivity index (χ4n) is 1.47. The highest BCUT2D eigenvalue weighted by atomic mass is 32.2. The lowest BCUT2D eigenvalue weighted by atomic mass is 10.2. The van der Waals surface area contributed by atoms with Crippen LogP contribution in [0.3, 0.4) is 0 Å². The lowest BCUT2D eigenvalue weighted by molar-refractivity contribution is -0.139. The lowest BCUT2D eigenvalue weighted by Crippen LogP contribution is -2.40. The van der Waals surface area contributed by atoms with Crippen molar-refractivity contribution in [2.24, 2.45) is 0 Å². The van der Waals surface area contributed by atoms with Gasteiger partial charge in [0.2, 0.25) is 10.0 Å². The van der Waals surface area contributed by atoms with Crippen molar-refractivity contribution in [1.29, 1.82) is 0 Å². The molecule has 0 fully saturated rings. The zero-order chi connectivity index (χ0) is 13.9. The second-order valence-electron chi connectivity index (χ2n) is 3.83. The number of hydrogen-bond acceptors (Lipinski definition) is 3. The van der Waals surface area contributed by atoms with Gasteiger partial charge < -0.3 is 5.11 Å². The van der Waals surface area contributed by atoms with Gasteiger partial charge in [0.05, 0.1) is 4.90 Å². The number of aryl methyl sites for hydroxylation is 1. The molecule has 1 aromatic rings. The van der Waals surface area contributed by atoms with Gasteiger partial charge in [0.15, 0.2) is 0 Å². The van der Waals surface area contributed by atoms with Crippen molar-refractivity contribution in [2.75, 3.05) is 0 Å². The second-order valence-corrected chi connectivity index (χ2v) is 5.51. The normalized spacial score (nSPS) is 13.3. The maximum atomic E-state index is 12.9. The van der Waals surface area contributed by atoms with E-state index in [0.717, 1.165) is 18.2 Å². The highest BCUT2D eigenvalue weighted by molar-refractivity contribution is 7.89. The highest BCUT2D eigenvalue weighted by Gasteiger charge is 2.25. The van der Waals surface area contributed by atoms with Crippen LogP contribution in [0.4, 0.5) is 4.39 Å². The molecule has 0 unspecified atom stereocenters. The monoisotopic (exact) mass is 275 g/mol. The van der Waals surface area contributed by atoms with Gasteiger partial charge in [-0.2, -0.15) is 4.72 Å². The molecule has 2 N–H and O–H groups in total. The molecule has 1 rings (SSSR count). The number of halogens is 1. The van der Waals surface area contributed by atoms with Gasteiger partial charge in [-0.05, 0) is 37.1 Å². The van der Waals surface area contributed by atoms with Crippen LogP contribution in [-0.2, 0) is 14.8 Å². The van der Waals surface area contributed by atoms with Gasteiger partial charge in [0.25, 0.3) is 0 Å². The second kappa shape index (κ2) is 5.45. The fraction of sp³-hybridized carbons (Fsp3) is 0.364. The fourth-order valence-corrected chi connectivity index (χ4v) is 2.97. The van der Waals surface area contributed by atoms with Crippen LogP contribution < -0.4 is 4.72 Å². The summed E-state index contributed by atoms with van der Waals surface area (Å²) >= 11 is 0. The molecule has 7 heteroatoms. The standard InChI is InChI=1S/C11H14FNO4S/c1-3-9(11(14)15)13-18(16,17)10-5-4-8(12)6-7(10)2/h4-6,9,13H,3H2,1-2H3,(H,14,15)/t9-/m1/s1. The van der Waals surface area contributed by atoms with Crippen molar-refractivity contribution in [3.8, 4) is 0 Å². The molecule has 100 valence electrons. The molecule has 0 saturated heterocycles. The Morgan fingerprint density at radius 3 is 2.56 bits per heavy atom. The van der Waals surface area contributed by atoms with Gasteiger partial charge in [-0.15, -0.1) is 0 Å². The van der Waals surface area contributed by atoms with Crippen LogP contribution in [-0.4, -0.2) is 25.5 Å². The molecule has 5 nitrogen and oxygen atoms in total. The topological polar surface area (TPSA) is 83.5 Å². The molecule has 0 heterocycles. The number of benzene rings is 1. The average molecular weight is 275 g/mol. The average Bonchev–Trinajstić information content (AvgIpc) is 2.24. The number of aliphatic carboxylic acids is 1. The number of carbonyl (C=O) groups is 1. The predicted molar refractivity (Wildman–Crippen MR) is 63.2 cm³/mol. The Morgan fingerprint density at radius 2 is 2.11 bits per heavy atom. The first kappa shape index (κ1) is 14.6. The van der Waals surface area contributed by atoms with Crippen LogP contribution in [0.2, 0.25) is 0 Å². The summed E-state index contributed by atoms with van der Waals surface area (Å²) in [6.45, 7) is 3.00. The maximum Gasteiger partial charge on any atom is 0.321 e. The van der Waals surface area contributed by atoms with E-state index in [2.05, 4.69) is 4.72 Å². The van der Waals surface area contributed by atoms with Crippen LogP contribution in [0.5, 0.6) is 0 Å². The molecule has 0 saturated carbocycles. The first-order chi connectivity index (χ1) is 8.27. The van der Waals surface area contributed by atoms with Crippen molar-refractivity contribution in [1.82, 2.24) is 4.72 Å². The summed E-state index contributed by atoms with van der Waals surface area (Å²) in [7, 11) is -3.96. The first-order valence-electron chi connectivity index (χ1n) is 5.29.